The molecule has 7 nitrogen and oxygen atoms in total. The summed E-state index contributed by atoms with van der Waals surface area (Å²) in [4.78, 5) is 2.48. The Kier molecular flexibility index (Phi) is 4.75. The lowest BCUT2D eigenvalue weighted by atomic mass is 10.2. The summed E-state index contributed by atoms with van der Waals surface area (Å²) in [6.45, 7) is 5.24. The molecular formula is C17H24N4O3S. The van der Waals surface area contributed by atoms with Gasteiger partial charge in [-0.2, -0.15) is 5.10 Å². The molecular weight excluding hydrogens is 340 g/mol. The average molecular weight is 364 g/mol. The number of sulfonamides is 1. The van der Waals surface area contributed by atoms with Crippen LogP contribution in [-0.4, -0.2) is 44.5 Å². The summed E-state index contributed by atoms with van der Waals surface area (Å²) < 4.78 is 35.0. The predicted octanol–water partition coefficient (Wildman–Crippen LogP) is 2.06. The van der Waals surface area contributed by atoms with E-state index in [1.807, 2.05) is 12.1 Å². The zero-order chi connectivity index (χ0) is 18.2. The summed E-state index contributed by atoms with van der Waals surface area (Å²) in [6, 6.07) is 7.43. The molecule has 3 rings (SSSR count). The van der Waals surface area contributed by atoms with E-state index in [4.69, 9.17) is 4.74 Å². The largest absolute Gasteiger partial charge is 0.380 e. The van der Waals surface area contributed by atoms with Gasteiger partial charge in [-0.15, -0.1) is 0 Å². The minimum Gasteiger partial charge on any atom is -0.380 e. The van der Waals surface area contributed by atoms with Crippen LogP contribution in [0.2, 0.25) is 0 Å². The Balaban J connectivity index is 1.77. The van der Waals surface area contributed by atoms with Gasteiger partial charge in [0.2, 0.25) is 0 Å². The zero-order valence-corrected chi connectivity index (χ0v) is 15.8. The number of nitrogens with one attached hydrogen (secondary N) is 1. The number of anilines is 2. The molecule has 1 N–H and O–H groups in total. The molecule has 25 heavy (non-hydrogen) atoms. The number of nitrogens with zero attached hydrogens (tertiary/aromatic N) is 3. The van der Waals surface area contributed by atoms with Crippen molar-refractivity contribution in [1.82, 2.24) is 9.78 Å². The summed E-state index contributed by atoms with van der Waals surface area (Å²) in [7, 11) is -0.199. The third-order valence-electron chi connectivity index (χ3n) is 4.67. The van der Waals surface area contributed by atoms with Crippen molar-refractivity contribution in [2.75, 3.05) is 29.8 Å². The Morgan fingerprint density at radius 1 is 1.24 bits per heavy atom. The summed E-state index contributed by atoms with van der Waals surface area (Å²) in [5.74, 6) is 0. The highest BCUT2D eigenvalue weighted by Gasteiger charge is 2.25. The number of aromatic nitrogens is 2. The number of hydrogen-bond donors (Lipinski definition) is 1. The van der Waals surface area contributed by atoms with Crippen LogP contribution in [0.1, 0.15) is 17.8 Å². The van der Waals surface area contributed by atoms with Gasteiger partial charge in [0.15, 0.2) is 0 Å². The summed E-state index contributed by atoms with van der Waals surface area (Å²) in [6.07, 6.45) is 1.26. The smallest absolute Gasteiger partial charge is 0.265 e. The maximum atomic E-state index is 12.7. The van der Waals surface area contributed by atoms with Gasteiger partial charge in [0, 0.05) is 38.6 Å². The van der Waals surface area contributed by atoms with Crippen molar-refractivity contribution in [3.63, 3.8) is 0 Å². The SMILES string of the molecule is COC1CCN(c2ccc(NS(=O)(=O)c3c(C)nn(C)c3C)cc2)C1. The van der Waals surface area contributed by atoms with E-state index < -0.39 is 10.0 Å². The summed E-state index contributed by atoms with van der Waals surface area (Å²) in [5.41, 5.74) is 2.71. The van der Waals surface area contributed by atoms with Crippen molar-refractivity contribution in [3.05, 3.63) is 35.7 Å². The second-order valence-corrected chi connectivity index (χ2v) is 7.99. The van der Waals surface area contributed by atoms with Gasteiger partial charge in [-0.3, -0.25) is 9.40 Å². The fourth-order valence-electron chi connectivity index (χ4n) is 3.24. The molecule has 8 heteroatoms. The van der Waals surface area contributed by atoms with Crippen LogP contribution in [0.15, 0.2) is 29.2 Å². The Labute approximate surface area is 148 Å². The van der Waals surface area contributed by atoms with Crippen molar-refractivity contribution in [3.8, 4) is 0 Å². The lowest BCUT2D eigenvalue weighted by Crippen LogP contribution is -2.22. The van der Waals surface area contributed by atoms with Crippen LogP contribution in [-0.2, 0) is 21.8 Å². The molecule has 0 aliphatic carbocycles. The second kappa shape index (κ2) is 6.68. The van der Waals surface area contributed by atoms with E-state index in [1.165, 1.54) is 0 Å². The fourth-order valence-corrected chi connectivity index (χ4v) is 4.74. The van der Waals surface area contributed by atoms with Crippen molar-refractivity contribution in [2.24, 2.45) is 7.05 Å². The van der Waals surface area contributed by atoms with Gasteiger partial charge in [0.05, 0.1) is 17.5 Å². The first kappa shape index (κ1) is 17.8. The molecule has 1 atom stereocenters. The third-order valence-corrected chi connectivity index (χ3v) is 6.31. The molecule has 1 aromatic heterocycles. The monoisotopic (exact) mass is 364 g/mol. The Morgan fingerprint density at radius 2 is 1.92 bits per heavy atom. The Hall–Kier alpha value is -2.06. The fraction of sp³-hybridized carbons (Fsp3) is 0.471. The van der Waals surface area contributed by atoms with Crippen molar-refractivity contribution >= 4 is 21.4 Å². The Bertz CT molecular complexity index is 859. The van der Waals surface area contributed by atoms with Crippen LogP contribution in [0.4, 0.5) is 11.4 Å². The van der Waals surface area contributed by atoms with Gasteiger partial charge < -0.3 is 9.64 Å². The molecule has 1 fully saturated rings. The molecule has 136 valence electrons. The highest BCUT2D eigenvalue weighted by molar-refractivity contribution is 7.92. The molecule has 1 aromatic carbocycles. The molecule has 1 saturated heterocycles. The molecule has 1 unspecified atom stereocenters. The first-order chi connectivity index (χ1) is 11.8. The van der Waals surface area contributed by atoms with Crippen LogP contribution < -0.4 is 9.62 Å². The lowest BCUT2D eigenvalue weighted by molar-refractivity contribution is 0.121. The zero-order valence-electron chi connectivity index (χ0n) is 15.0. The van der Waals surface area contributed by atoms with E-state index in [-0.39, 0.29) is 11.0 Å². The van der Waals surface area contributed by atoms with Crippen LogP contribution in [0.3, 0.4) is 0 Å². The Morgan fingerprint density at radius 3 is 2.44 bits per heavy atom. The van der Waals surface area contributed by atoms with Crippen molar-refractivity contribution < 1.29 is 13.2 Å². The van der Waals surface area contributed by atoms with E-state index in [2.05, 4.69) is 14.7 Å². The first-order valence-electron chi connectivity index (χ1n) is 8.22. The van der Waals surface area contributed by atoms with E-state index in [9.17, 15) is 8.42 Å². The van der Waals surface area contributed by atoms with Crippen LogP contribution >= 0.6 is 0 Å². The van der Waals surface area contributed by atoms with Gasteiger partial charge >= 0.3 is 0 Å². The quantitative estimate of drug-likeness (QED) is 0.879. The van der Waals surface area contributed by atoms with Crippen LogP contribution in [0, 0.1) is 13.8 Å². The van der Waals surface area contributed by atoms with Crippen LogP contribution in [0.25, 0.3) is 0 Å². The average Bonchev–Trinajstić information content (AvgIpc) is 3.13. The number of methoxy groups -OCH3 is 1. The van der Waals surface area contributed by atoms with E-state index in [1.54, 1.807) is 44.8 Å². The third kappa shape index (κ3) is 3.50. The number of hydrogen-bond acceptors (Lipinski definition) is 5. The topological polar surface area (TPSA) is 76.5 Å². The minimum atomic E-state index is -3.67. The molecule has 0 saturated carbocycles. The standard InChI is InChI=1S/C17H24N4O3S/c1-12-17(13(2)20(3)18-12)25(22,23)19-14-5-7-15(8-6-14)21-10-9-16(11-21)24-4/h5-8,16,19H,9-11H2,1-4H3. The first-order valence-corrected chi connectivity index (χ1v) is 9.71. The molecule has 1 aliphatic heterocycles. The molecule has 0 radical (unpaired) electrons. The highest BCUT2D eigenvalue weighted by Crippen LogP contribution is 2.26. The van der Waals surface area contributed by atoms with Gasteiger partial charge in [-0.25, -0.2) is 8.42 Å². The van der Waals surface area contributed by atoms with E-state index in [0.29, 0.717) is 17.1 Å². The number of ether oxygens (including phenoxy) is 1. The van der Waals surface area contributed by atoms with E-state index in [0.717, 1.165) is 25.2 Å². The van der Waals surface area contributed by atoms with Crippen molar-refractivity contribution in [1.29, 1.82) is 0 Å². The van der Waals surface area contributed by atoms with Gasteiger partial charge in [0.1, 0.15) is 4.90 Å². The maximum absolute atomic E-state index is 12.7. The molecule has 0 bridgehead atoms. The van der Waals surface area contributed by atoms with Crippen LogP contribution in [0.5, 0.6) is 0 Å². The van der Waals surface area contributed by atoms with Gasteiger partial charge in [0.25, 0.3) is 10.0 Å². The number of rotatable bonds is 5. The van der Waals surface area contributed by atoms with Gasteiger partial charge in [-0.1, -0.05) is 0 Å². The van der Waals surface area contributed by atoms with Gasteiger partial charge in [-0.05, 0) is 44.5 Å². The number of benzene rings is 1. The molecule has 0 spiro atoms. The molecule has 2 aromatic rings. The molecule has 1 aliphatic rings. The number of aryl methyl sites for hydroxylation is 2. The highest BCUT2D eigenvalue weighted by atomic mass is 32.2. The predicted molar refractivity (Wildman–Crippen MR) is 97.6 cm³/mol. The second-order valence-electron chi connectivity index (χ2n) is 6.37. The lowest BCUT2D eigenvalue weighted by Gasteiger charge is -2.19. The molecule has 2 heterocycles. The summed E-state index contributed by atoms with van der Waals surface area (Å²) >= 11 is 0. The normalized spacial score (nSPS) is 17.9. The maximum Gasteiger partial charge on any atom is 0.265 e. The van der Waals surface area contributed by atoms with E-state index >= 15 is 0 Å². The van der Waals surface area contributed by atoms with Crippen molar-refractivity contribution in [2.45, 2.75) is 31.3 Å². The molecule has 0 amide bonds. The summed E-state index contributed by atoms with van der Waals surface area (Å²) in [5, 5.41) is 4.18. The minimum absolute atomic E-state index is 0.238.